The van der Waals surface area contributed by atoms with Crippen LogP contribution < -0.4 is 5.32 Å². The second kappa shape index (κ2) is 4.66. The Morgan fingerprint density at radius 1 is 1.33 bits per heavy atom. The topological polar surface area (TPSA) is 46.0 Å². The van der Waals surface area contributed by atoms with Gasteiger partial charge in [-0.1, -0.05) is 0 Å². The van der Waals surface area contributed by atoms with Crippen molar-refractivity contribution >= 4 is 11.2 Å². The molecule has 3 rings (SSSR count). The summed E-state index contributed by atoms with van der Waals surface area (Å²) in [6.07, 6.45) is 1.80. The molecule has 1 aliphatic heterocycles. The predicted molar refractivity (Wildman–Crippen MR) is 71.4 cm³/mol. The van der Waals surface area contributed by atoms with Crippen molar-refractivity contribution in [1.29, 1.82) is 0 Å². The van der Waals surface area contributed by atoms with E-state index in [1.807, 2.05) is 6.07 Å². The Morgan fingerprint density at radius 3 is 2.83 bits per heavy atom. The van der Waals surface area contributed by atoms with Crippen LogP contribution in [0.3, 0.4) is 0 Å². The molecule has 18 heavy (non-hydrogen) atoms. The fraction of sp³-hybridized carbons (Fsp3) is 0.538. The summed E-state index contributed by atoms with van der Waals surface area (Å²) in [7, 11) is 2.07. The van der Waals surface area contributed by atoms with E-state index in [0.717, 1.165) is 43.2 Å². The van der Waals surface area contributed by atoms with Crippen molar-refractivity contribution in [2.45, 2.75) is 13.0 Å². The highest BCUT2D eigenvalue weighted by molar-refractivity contribution is 5.71. The maximum absolute atomic E-state index is 4.68. The van der Waals surface area contributed by atoms with Crippen LogP contribution in [0.4, 0.5) is 0 Å². The number of hydrogen-bond acceptors (Lipinski definition) is 4. The van der Waals surface area contributed by atoms with Gasteiger partial charge in [-0.3, -0.25) is 4.90 Å². The van der Waals surface area contributed by atoms with E-state index >= 15 is 0 Å². The van der Waals surface area contributed by atoms with Crippen LogP contribution in [0.5, 0.6) is 0 Å². The summed E-state index contributed by atoms with van der Waals surface area (Å²) in [5.74, 6) is 1.10. The second-order valence-corrected chi connectivity index (χ2v) is 4.84. The van der Waals surface area contributed by atoms with Crippen molar-refractivity contribution in [3.8, 4) is 0 Å². The molecule has 1 fully saturated rings. The molecule has 0 aromatic carbocycles. The van der Waals surface area contributed by atoms with Crippen molar-refractivity contribution in [1.82, 2.24) is 24.8 Å². The van der Waals surface area contributed by atoms with E-state index in [2.05, 4.69) is 44.8 Å². The lowest BCUT2D eigenvalue weighted by Crippen LogP contribution is -2.44. The van der Waals surface area contributed by atoms with Crippen molar-refractivity contribution in [2.24, 2.45) is 7.05 Å². The van der Waals surface area contributed by atoms with Gasteiger partial charge in [-0.25, -0.2) is 9.97 Å². The molecule has 0 amide bonds. The van der Waals surface area contributed by atoms with Crippen LogP contribution in [-0.2, 0) is 7.05 Å². The van der Waals surface area contributed by atoms with E-state index in [0.29, 0.717) is 6.04 Å². The number of aromatic nitrogens is 3. The molecule has 0 spiro atoms. The zero-order chi connectivity index (χ0) is 12.5. The van der Waals surface area contributed by atoms with Crippen LogP contribution in [0.25, 0.3) is 11.2 Å². The van der Waals surface area contributed by atoms with Gasteiger partial charge < -0.3 is 9.88 Å². The Balaban J connectivity index is 1.95. The number of piperazine rings is 1. The smallest absolute Gasteiger partial charge is 0.177 e. The summed E-state index contributed by atoms with van der Waals surface area (Å²) in [4.78, 5) is 11.5. The van der Waals surface area contributed by atoms with Gasteiger partial charge in [0.2, 0.25) is 0 Å². The fourth-order valence-corrected chi connectivity index (χ4v) is 2.65. The molecule has 5 heteroatoms. The molecule has 3 heterocycles. The van der Waals surface area contributed by atoms with Crippen molar-refractivity contribution in [2.75, 3.05) is 26.2 Å². The molecule has 2 aromatic heterocycles. The van der Waals surface area contributed by atoms with Gasteiger partial charge in [-0.15, -0.1) is 0 Å². The first kappa shape index (κ1) is 11.6. The summed E-state index contributed by atoms with van der Waals surface area (Å²) in [6.45, 7) is 6.52. The molecule has 1 saturated heterocycles. The van der Waals surface area contributed by atoms with Crippen LogP contribution in [-0.4, -0.2) is 45.6 Å². The number of pyridine rings is 1. The molecule has 0 aliphatic carbocycles. The monoisotopic (exact) mass is 245 g/mol. The van der Waals surface area contributed by atoms with Crippen LogP contribution in [0.15, 0.2) is 18.3 Å². The van der Waals surface area contributed by atoms with E-state index in [-0.39, 0.29) is 0 Å². The highest BCUT2D eigenvalue weighted by Crippen LogP contribution is 2.22. The Bertz CT molecular complexity index is 541. The third-order valence-electron chi connectivity index (χ3n) is 3.76. The number of aryl methyl sites for hydroxylation is 1. The lowest BCUT2D eigenvalue weighted by molar-refractivity contribution is 0.177. The first-order valence-electron chi connectivity index (χ1n) is 6.49. The Morgan fingerprint density at radius 2 is 2.11 bits per heavy atom. The minimum Gasteiger partial charge on any atom is -0.328 e. The van der Waals surface area contributed by atoms with Crippen molar-refractivity contribution < 1.29 is 0 Å². The molecule has 0 saturated carbocycles. The first-order valence-corrected chi connectivity index (χ1v) is 6.49. The molecule has 1 N–H and O–H groups in total. The average molecular weight is 245 g/mol. The van der Waals surface area contributed by atoms with E-state index in [4.69, 9.17) is 0 Å². The number of nitrogens with one attached hydrogen (secondary N) is 1. The molecule has 2 aromatic rings. The third-order valence-corrected chi connectivity index (χ3v) is 3.76. The summed E-state index contributed by atoms with van der Waals surface area (Å²) in [6, 6.07) is 4.37. The van der Waals surface area contributed by atoms with Gasteiger partial charge in [0.05, 0.1) is 11.6 Å². The quantitative estimate of drug-likeness (QED) is 0.855. The van der Waals surface area contributed by atoms with Gasteiger partial charge in [0.1, 0.15) is 5.82 Å². The average Bonchev–Trinajstić information content (AvgIpc) is 2.77. The van der Waals surface area contributed by atoms with Gasteiger partial charge >= 0.3 is 0 Å². The molecule has 0 bridgehead atoms. The Hall–Kier alpha value is -1.46. The van der Waals surface area contributed by atoms with E-state index in [9.17, 15) is 0 Å². The van der Waals surface area contributed by atoms with Crippen LogP contribution in [0.1, 0.15) is 18.8 Å². The first-order chi connectivity index (χ1) is 8.77. The van der Waals surface area contributed by atoms with Crippen LogP contribution in [0, 0.1) is 0 Å². The second-order valence-electron chi connectivity index (χ2n) is 4.84. The van der Waals surface area contributed by atoms with Gasteiger partial charge in [0.25, 0.3) is 0 Å². The Kier molecular flexibility index (Phi) is 3.01. The van der Waals surface area contributed by atoms with Gasteiger partial charge in [0.15, 0.2) is 5.65 Å². The molecule has 1 atom stereocenters. The van der Waals surface area contributed by atoms with E-state index < -0.39 is 0 Å². The summed E-state index contributed by atoms with van der Waals surface area (Å²) in [5, 5.41) is 3.38. The largest absolute Gasteiger partial charge is 0.328 e. The SMILES string of the molecule is CC(c1nc2ncccc2n1C)N1CCNCC1. The number of imidazole rings is 1. The highest BCUT2D eigenvalue weighted by Gasteiger charge is 2.22. The summed E-state index contributed by atoms with van der Waals surface area (Å²) < 4.78 is 2.16. The van der Waals surface area contributed by atoms with Crippen molar-refractivity contribution in [3.63, 3.8) is 0 Å². The maximum atomic E-state index is 4.68. The normalized spacial score (nSPS) is 19.2. The number of rotatable bonds is 2. The van der Waals surface area contributed by atoms with E-state index in [1.54, 1.807) is 6.20 Å². The lowest BCUT2D eigenvalue weighted by Gasteiger charge is -2.32. The predicted octanol–water partition coefficient (Wildman–Crippen LogP) is 0.934. The zero-order valence-corrected chi connectivity index (χ0v) is 10.9. The molecule has 5 nitrogen and oxygen atoms in total. The number of hydrogen-bond donors (Lipinski definition) is 1. The third kappa shape index (κ3) is 1.89. The maximum Gasteiger partial charge on any atom is 0.177 e. The van der Waals surface area contributed by atoms with Gasteiger partial charge in [-0.2, -0.15) is 0 Å². The molecule has 96 valence electrons. The highest BCUT2D eigenvalue weighted by atomic mass is 15.2. The standard InChI is InChI=1S/C13H19N5/c1-10(18-8-6-14-7-9-18)13-16-12-11(17(13)2)4-3-5-15-12/h3-5,10,14H,6-9H2,1-2H3. The van der Waals surface area contributed by atoms with Gasteiger partial charge in [-0.05, 0) is 19.1 Å². The zero-order valence-electron chi connectivity index (χ0n) is 10.9. The molecular weight excluding hydrogens is 226 g/mol. The molecule has 0 radical (unpaired) electrons. The Labute approximate surface area is 107 Å². The minimum atomic E-state index is 0.339. The van der Waals surface area contributed by atoms with Gasteiger partial charge in [0, 0.05) is 39.4 Å². The number of nitrogens with zero attached hydrogens (tertiary/aromatic N) is 4. The minimum absolute atomic E-state index is 0.339. The van der Waals surface area contributed by atoms with Crippen LogP contribution in [0.2, 0.25) is 0 Å². The lowest BCUT2D eigenvalue weighted by atomic mass is 10.2. The summed E-state index contributed by atoms with van der Waals surface area (Å²) >= 11 is 0. The molecule has 1 aliphatic rings. The van der Waals surface area contributed by atoms with Crippen LogP contribution >= 0.6 is 0 Å². The number of fused-ring (bicyclic) bond motifs is 1. The van der Waals surface area contributed by atoms with E-state index in [1.165, 1.54) is 0 Å². The molecule has 1 unspecified atom stereocenters. The fourth-order valence-electron chi connectivity index (χ4n) is 2.65. The van der Waals surface area contributed by atoms with Crippen molar-refractivity contribution in [3.05, 3.63) is 24.2 Å². The summed E-state index contributed by atoms with van der Waals surface area (Å²) in [5.41, 5.74) is 1.95. The molecular formula is C13H19N5.